The molecular formula is C16H26N6O12. The monoisotopic (exact) mass is 494 g/mol. The molecule has 0 aromatic heterocycles. The van der Waals surface area contributed by atoms with Gasteiger partial charge in [0.15, 0.2) is 0 Å². The van der Waals surface area contributed by atoms with Crippen LogP contribution in [0, 0.1) is 20.2 Å². The average molecular weight is 494 g/mol. The van der Waals surface area contributed by atoms with Gasteiger partial charge in [-0.1, -0.05) is 0 Å². The molecule has 18 nitrogen and oxygen atoms in total. The van der Waals surface area contributed by atoms with E-state index in [-0.39, 0.29) is 13.1 Å². The SMILES string of the molecule is CN(C)C(OC(=O)/C=C/C(=O)OC(C(=O)NCCO[N+](=O)[O-])N(C)C)C(=O)NCCO[N+](=O)[O-]. The van der Waals surface area contributed by atoms with E-state index in [1.807, 2.05) is 0 Å². The number of nitrogens with one attached hydrogen (secondary N) is 2. The summed E-state index contributed by atoms with van der Waals surface area (Å²) in [4.78, 5) is 78.8. The molecule has 2 unspecified atom stereocenters. The number of carbonyl (C=O) groups is 4. The first kappa shape index (κ1) is 29.9. The van der Waals surface area contributed by atoms with Crippen LogP contribution in [0.15, 0.2) is 12.2 Å². The molecule has 2 amide bonds. The number of amides is 2. The van der Waals surface area contributed by atoms with Crippen molar-refractivity contribution >= 4 is 23.8 Å². The molecule has 0 aliphatic heterocycles. The van der Waals surface area contributed by atoms with Gasteiger partial charge in [-0.3, -0.25) is 19.4 Å². The molecule has 0 aromatic carbocycles. The van der Waals surface area contributed by atoms with Crippen molar-refractivity contribution in [3.05, 3.63) is 32.4 Å². The summed E-state index contributed by atoms with van der Waals surface area (Å²) in [6, 6.07) is 0. The number of rotatable bonds is 16. The number of ether oxygens (including phenoxy) is 2. The third-order valence-electron chi connectivity index (χ3n) is 3.39. The van der Waals surface area contributed by atoms with Crippen LogP contribution in [0.5, 0.6) is 0 Å². The molecule has 18 heteroatoms. The van der Waals surface area contributed by atoms with E-state index >= 15 is 0 Å². The highest BCUT2D eigenvalue weighted by Gasteiger charge is 2.26. The number of hydrogen-bond acceptors (Lipinski definition) is 14. The lowest BCUT2D eigenvalue weighted by Crippen LogP contribution is -2.47. The second kappa shape index (κ2) is 15.7. The van der Waals surface area contributed by atoms with Crippen LogP contribution in [0.4, 0.5) is 0 Å². The van der Waals surface area contributed by atoms with Gasteiger partial charge < -0.3 is 29.8 Å². The van der Waals surface area contributed by atoms with Gasteiger partial charge in [0.25, 0.3) is 22.0 Å². The van der Waals surface area contributed by atoms with Gasteiger partial charge in [0, 0.05) is 25.2 Å². The number of likely N-dealkylation sites (N-methyl/N-ethyl adjacent to an activating group) is 2. The van der Waals surface area contributed by atoms with E-state index < -0.39 is 59.6 Å². The standard InChI is InChI=1S/C16H26N6O12/c1-19(2)15(13(25)17-7-9-31-21(27)28)33-11(23)5-6-12(24)34-16(20(3)4)14(26)18-8-10-32-22(29)30/h5-6,15-16H,7-10H2,1-4H3,(H,17,25)(H,18,26)/b6-5+. The zero-order valence-corrected chi connectivity index (χ0v) is 18.8. The van der Waals surface area contributed by atoms with E-state index in [9.17, 15) is 39.4 Å². The fourth-order valence-electron chi connectivity index (χ4n) is 1.99. The Morgan fingerprint density at radius 2 is 1.09 bits per heavy atom. The highest BCUT2D eigenvalue weighted by Crippen LogP contribution is 2.01. The highest BCUT2D eigenvalue weighted by molar-refractivity contribution is 5.94. The summed E-state index contributed by atoms with van der Waals surface area (Å²) in [5, 5.41) is 22.6. The molecule has 0 spiro atoms. The summed E-state index contributed by atoms with van der Waals surface area (Å²) in [7, 11) is 5.67. The Kier molecular flexibility index (Phi) is 13.8. The summed E-state index contributed by atoms with van der Waals surface area (Å²) in [6.45, 7) is -1.28. The summed E-state index contributed by atoms with van der Waals surface area (Å²) in [5.74, 6) is -3.80. The highest BCUT2D eigenvalue weighted by atomic mass is 17.0. The number of carbonyl (C=O) groups excluding carboxylic acids is 4. The van der Waals surface area contributed by atoms with Gasteiger partial charge in [-0.25, -0.2) is 9.59 Å². The first-order chi connectivity index (χ1) is 15.8. The number of nitrogens with zero attached hydrogens (tertiary/aromatic N) is 4. The maximum absolute atomic E-state index is 12.1. The molecule has 2 N–H and O–H groups in total. The van der Waals surface area contributed by atoms with E-state index in [2.05, 4.69) is 20.3 Å². The Hall–Kier alpha value is -4.06. The zero-order chi connectivity index (χ0) is 26.3. The van der Waals surface area contributed by atoms with Crippen molar-refractivity contribution in [1.29, 1.82) is 0 Å². The Labute approximate surface area is 192 Å². The molecule has 0 aromatic rings. The number of esters is 2. The Morgan fingerprint density at radius 1 is 0.765 bits per heavy atom. The topological polar surface area (TPSA) is 222 Å². The van der Waals surface area contributed by atoms with Crippen LogP contribution >= 0.6 is 0 Å². The molecule has 0 radical (unpaired) electrons. The van der Waals surface area contributed by atoms with Gasteiger partial charge in [-0.05, 0) is 28.2 Å². The van der Waals surface area contributed by atoms with Crippen molar-refractivity contribution in [3.63, 3.8) is 0 Å². The van der Waals surface area contributed by atoms with Crippen molar-refractivity contribution in [2.24, 2.45) is 0 Å². The minimum Gasteiger partial charge on any atom is -0.433 e. The van der Waals surface area contributed by atoms with Gasteiger partial charge >= 0.3 is 11.9 Å². The second-order valence-electron chi connectivity index (χ2n) is 6.53. The third kappa shape index (κ3) is 13.4. The third-order valence-corrected chi connectivity index (χ3v) is 3.39. The van der Waals surface area contributed by atoms with Crippen LogP contribution in [-0.4, -0.2) is 111 Å². The average Bonchev–Trinajstić information content (AvgIpc) is 2.73. The molecule has 0 bridgehead atoms. The molecule has 0 saturated carbocycles. The van der Waals surface area contributed by atoms with Crippen molar-refractivity contribution < 1.29 is 48.5 Å². The fraction of sp³-hybridized carbons (Fsp3) is 0.625. The lowest BCUT2D eigenvalue weighted by molar-refractivity contribution is -0.757. The fourth-order valence-corrected chi connectivity index (χ4v) is 1.99. The van der Waals surface area contributed by atoms with Gasteiger partial charge in [-0.2, -0.15) is 0 Å². The van der Waals surface area contributed by atoms with Crippen LogP contribution in [-0.2, 0) is 38.3 Å². The molecule has 0 fully saturated rings. The van der Waals surface area contributed by atoms with Crippen LogP contribution in [0.25, 0.3) is 0 Å². The first-order valence-electron chi connectivity index (χ1n) is 9.37. The maximum atomic E-state index is 12.1. The normalized spacial score (nSPS) is 12.5. The molecule has 0 aliphatic carbocycles. The maximum Gasteiger partial charge on any atom is 0.333 e. The van der Waals surface area contributed by atoms with Crippen molar-refractivity contribution in [3.8, 4) is 0 Å². The van der Waals surface area contributed by atoms with E-state index in [0.29, 0.717) is 12.2 Å². The summed E-state index contributed by atoms with van der Waals surface area (Å²) in [5.41, 5.74) is 0. The molecule has 34 heavy (non-hydrogen) atoms. The summed E-state index contributed by atoms with van der Waals surface area (Å²) < 4.78 is 9.87. The molecule has 0 rings (SSSR count). The van der Waals surface area contributed by atoms with Gasteiger partial charge in [0.05, 0.1) is 0 Å². The van der Waals surface area contributed by atoms with Crippen LogP contribution in [0.1, 0.15) is 0 Å². The van der Waals surface area contributed by atoms with E-state index in [1.165, 1.54) is 38.0 Å². The van der Waals surface area contributed by atoms with Crippen molar-refractivity contribution in [1.82, 2.24) is 20.4 Å². The van der Waals surface area contributed by atoms with Gasteiger partial charge in [-0.15, -0.1) is 20.2 Å². The van der Waals surface area contributed by atoms with E-state index in [0.717, 1.165) is 0 Å². The predicted octanol–water partition coefficient (Wildman–Crippen LogP) is -2.95. The van der Waals surface area contributed by atoms with Crippen molar-refractivity contribution in [2.45, 2.75) is 12.5 Å². The number of hydrogen-bond donors (Lipinski definition) is 2. The molecule has 2 atom stereocenters. The molecule has 0 aliphatic rings. The lowest BCUT2D eigenvalue weighted by Gasteiger charge is -2.23. The van der Waals surface area contributed by atoms with Gasteiger partial charge in [0.2, 0.25) is 12.5 Å². The second-order valence-corrected chi connectivity index (χ2v) is 6.53. The van der Waals surface area contributed by atoms with Crippen LogP contribution in [0.3, 0.4) is 0 Å². The summed E-state index contributed by atoms with van der Waals surface area (Å²) >= 11 is 0. The molecule has 192 valence electrons. The van der Waals surface area contributed by atoms with Crippen LogP contribution in [0.2, 0.25) is 0 Å². The largest absolute Gasteiger partial charge is 0.433 e. The summed E-state index contributed by atoms with van der Waals surface area (Å²) in [6.07, 6.45) is -1.52. The van der Waals surface area contributed by atoms with Crippen LogP contribution < -0.4 is 10.6 Å². The Bertz CT molecular complexity index is 710. The first-order valence-corrected chi connectivity index (χ1v) is 9.37. The van der Waals surface area contributed by atoms with E-state index in [4.69, 9.17) is 9.47 Å². The van der Waals surface area contributed by atoms with Gasteiger partial charge in [0.1, 0.15) is 13.2 Å². The van der Waals surface area contributed by atoms with Crippen molar-refractivity contribution in [2.75, 3.05) is 54.5 Å². The smallest absolute Gasteiger partial charge is 0.333 e. The zero-order valence-electron chi connectivity index (χ0n) is 18.8. The quantitative estimate of drug-likeness (QED) is 0.0547. The Morgan fingerprint density at radius 3 is 1.35 bits per heavy atom. The molecule has 0 saturated heterocycles. The lowest BCUT2D eigenvalue weighted by atomic mass is 10.4. The molecule has 0 heterocycles. The Balaban J connectivity index is 4.78. The van der Waals surface area contributed by atoms with E-state index in [1.54, 1.807) is 0 Å². The minimum atomic E-state index is -1.43. The predicted molar refractivity (Wildman–Crippen MR) is 108 cm³/mol. The molecular weight excluding hydrogens is 468 g/mol. The minimum absolute atomic E-state index is 0.226.